The fourth-order valence-corrected chi connectivity index (χ4v) is 1.37. The minimum atomic E-state index is -1.34. The molecule has 0 aliphatic rings. The van der Waals surface area contributed by atoms with Crippen molar-refractivity contribution in [1.29, 1.82) is 5.41 Å². The summed E-state index contributed by atoms with van der Waals surface area (Å²) >= 11 is 11.6. The fraction of sp³-hybridized carbons (Fsp3) is 0. The number of rotatable bonds is 1. The zero-order valence-corrected chi connectivity index (χ0v) is 8.86. The van der Waals surface area contributed by atoms with Crippen LogP contribution in [0.2, 0.25) is 10.0 Å². The second-order valence-electron chi connectivity index (χ2n) is 2.53. The first-order valence-corrected chi connectivity index (χ1v) is 4.56. The summed E-state index contributed by atoms with van der Waals surface area (Å²) in [7, 11) is 0. The van der Waals surface area contributed by atoms with Crippen LogP contribution < -0.4 is 10.6 Å². The summed E-state index contributed by atoms with van der Waals surface area (Å²) in [5.41, 5.74) is 0.291. The smallest absolute Gasteiger partial charge is 0.411 e. The van der Waals surface area contributed by atoms with Gasteiger partial charge in [0, 0.05) is 0 Å². The van der Waals surface area contributed by atoms with Gasteiger partial charge in [0.1, 0.15) is 0 Å². The monoisotopic (exact) mass is 247 g/mol. The first-order chi connectivity index (χ1) is 7.00. The minimum Gasteiger partial charge on any atom is -0.465 e. The molecule has 0 atom stereocenters. The van der Waals surface area contributed by atoms with Crippen molar-refractivity contribution in [1.82, 2.24) is 5.32 Å². The number of hydrogen-bond donors (Lipinski definition) is 4. The van der Waals surface area contributed by atoms with Gasteiger partial charge in [0.2, 0.25) is 5.96 Å². The van der Waals surface area contributed by atoms with Crippen LogP contribution in [0.1, 0.15) is 0 Å². The molecule has 0 aliphatic heterocycles. The van der Waals surface area contributed by atoms with Gasteiger partial charge in [-0.1, -0.05) is 29.3 Å². The Bertz CT molecular complexity index is 389. The molecule has 15 heavy (non-hydrogen) atoms. The Kier molecular flexibility index (Phi) is 3.76. The molecule has 0 bridgehead atoms. The number of para-hydroxylation sites is 1. The van der Waals surface area contributed by atoms with Crippen molar-refractivity contribution < 1.29 is 9.90 Å². The lowest BCUT2D eigenvalue weighted by atomic mass is 10.3. The maximum absolute atomic E-state index is 10.2. The molecular formula is C8H7Cl2N3O2. The predicted octanol–water partition coefficient (Wildman–Crippen LogP) is 2.61. The van der Waals surface area contributed by atoms with Crippen LogP contribution in [-0.2, 0) is 0 Å². The number of guanidine groups is 1. The average molecular weight is 248 g/mol. The molecule has 1 rings (SSSR count). The largest absolute Gasteiger partial charge is 0.465 e. The Morgan fingerprint density at radius 2 is 1.87 bits per heavy atom. The summed E-state index contributed by atoms with van der Waals surface area (Å²) in [5, 5.41) is 20.4. The van der Waals surface area contributed by atoms with E-state index in [-0.39, 0.29) is 0 Å². The summed E-state index contributed by atoms with van der Waals surface area (Å²) < 4.78 is 0. The number of anilines is 1. The van der Waals surface area contributed by atoms with Crippen LogP contribution in [0.4, 0.5) is 10.5 Å². The van der Waals surface area contributed by atoms with Crippen LogP contribution in [0.15, 0.2) is 18.2 Å². The summed E-state index contributed by atoms with van der Waals surface area (Å²) in [5.74, 6) is -0.419. The molecule has 7 heteroatoms. The van der Waals surface area contributed by atoms with Crippen LogP contribution in [0.5, 0.6) is 0 Å². The molecule has 1 aromatic carbocycles. The number of carbonyl (C=O) groups is 1. The maximum Gasteiger partial charge on any atom is 0.411 e. The van der Waals surface area contributed by atoms with Gasteiger partial charge in [-0.25, -0.2) is 4.79 Å². The zero-order chi connectivity index (χ0) is 11.4. The van der Waals surface area contributed by atoms with Crippen molar-refractivity contribution in [2.45, 2.75) is 0 Å². The van der Waals surface area contributed by atoms with Gasteiger partial charge in [-0.3, -0.25) is 10.7 Å². The SMILES string of the molecule is N=C(NC(=O)O)Nc1c(Cl)cccc1Cl. The third-order valence-electron chi connectivity index (χ3n) is 1.44. The Morgan fingerprint density at radius 1 is 1.33 bits per heavy atom. The van der Waals surface area contributed by atoms with Crippen LogP contribution in [-0.4, -0.2) is 17.2 Å². The number of amides is 1. The van der Waals surface area contributed by atoms with E-state index in [1.54, 1.807) is 18.2 Å². The topological polar surface area (TPSA) is 85.2 Å². The molecule has 0 saturated heterocycles. The van der Waals surface area contributed by atoms with Crippen LogP contribution in [0, 0.1) is 5.41 Å². The average Bonchev–Trinajstić information content (AvgIpc) is 2.10. The lowest BCUT2D eigenvalue weighted by Crippen LogP contribution is -2.33. The molecule has 0 radical (unpaired) electrons. The highest BCUT2D eigenvalue weighted by Gasteiger charge is 2.08. The van der Waals surface area contributed by atoms with Crippen LogP contribution in [0.25, 0.3) is 0 Å². The van der Waals surface area contributed by atoms with Crippen LogP contribution in [0.3, 0.4) is 0 Å². The van der Waals surface area contributed by atoms with E-state index in [2.05, 4.69) is 5.32 Å². The molecule has 0 fully saturated rings. The number of halogens is 2. The third kappa shape index (κ3) is 3.30. The number of hydrogen-bond acceptors (Lipinski definition) is 2. The lowest BCUT2D eigenvalue weighted by Gasteiger charge is -2.10. The van der Waals surface area contributed by atoms with Crippen LogP contribution >= 0.6 is 23.2 Å². The molecule has 1 aromatic rings. The Labute approximate surface area is 95.5 Å². The zero-order valence-electron chi connectivity index (χ0n) is 7.34. The van der Waals surface area contributed by atoms with Crippen molar-refractivity contribution in [2.24, 2.45) is 0 Å². The van der Waals surface area contributed by atoms with Crippen molar-refractivity contribution in [3.05, 3.63) is 28.2 Å². The molecule has 0 unspecified atom stereocenters. The molecule has 0 spiro atoms. The minimum absolute atomic E-state index is 0.291. The molecule has 4 N–H and O–H groups in total. The van der Waals surface area contributed by atoms with E-state index in [0.717, 1.165) is 0 Å². The molecule has 0 aromatic heterocycles. The summed E-state index contributed by atoms with van der Waals surface area (Å²) in [6.07, 6.45) is -1.34. The fourth-order valence-electron chi connectivity index (χ4n) is 0.880. The van der Waals surface area contributed by atoms with Crippen molar-refractivity contribution >= 4 is 40.9 Å². The van der Waals surface area contributed by atoms with E-state index in [9.17, 15) is 4.79 Å². The third-order valence-corrected chi connectivity index (χ3v) is 2.07. The number of nitrogens with one attached hydrogen (secondary N) is 3. The normalized spacial score (nSPS) is 9.47. The van der Waals surface area contributed by atoms with E-state index >= 15 is 0 Å². The second-order valence-corrected chi connectivity index (χ2v) is 3.34. The highest BCUT2D eigenvalue weighted by atomic mass is 35.5. The highest BCUT2D eigenvalue weighted by Crippen LogP contribution is 2.29. The standard InChI is InChI=1S/C8H7Cl2N3O2/c9-4-2-1-3-5(10)6(4)12-7(11)13-8(14)15/h1-3H,(H,14,15)(H3,11,12,13). The van der Waals surface area contributed by atoms with E-state index in [0.29, 0.717) is 15.7 Å². The molecular weight excluding hydrogens is 241 g/mol. The van der Waals surface area contributed by atoms with Gasteiger partial charge in [0.25, 0.3) is 0 Å². The molecule has 0 saturated carbocycles. The molecule has 80 valence electrons. The molecule has 0 aliphatic carbocycles. The first kappa shape index (κ1) is 11.6. The Balaban J connectivity index is 2.80. The van der Waals surface area contributed by atoms with E-state index in [4.69, 9.17) is 33.7 Å². The van der Waals surface area contributed by atoms with E-state index in [1.807, 2.05) is 5.32 Å². The van der Waals surface area contributed by atoms with Gasteiger partial charge < -0.3 is 10.4 Å². The summed E-state index contributed by atoms with van der Waals surface area (Å²) in [6, 6.07) is 4.79. The number of carboxylic acid groups (broad SMARTS) is 1. The lowest BCUT2D eigenvalue weighted by molar-refractivity contribution is 0.200. The van der Waals surface area contributed by atoms with E-state index in [1.165, 1.54) is 0 Å². The maximum atomic E-state index is 10.2. The van der Waals surface area contributed by atoms with Gasteiger partial charge in [0.05, 0.1) is 15.7 Å². The molecule has 5 nitrogen and oxygen atoms in total. The summed E-state index contributed by atoms with van der Waals surface area (Å²) in [4.78, 5) is 10.2. The van der Waals surface area contributed by atoms with Crippen molar-refractivity contribution in [3.8, 4) is 0 Å². The van der Waals surface area contributed by atoms with Crippen molar-refractivity contribution in [2.75, 3.05) is 5.32 Å². The van der Waals surface area contributed by atoms with E-state index < -0.39 is 12.1 Å². The summed E-state index contributed by atoms with van der Waals surface area (Å²) in [6.45, 7) is 0. The highest BCUT2D eigenvalue weighted by molar-refractivity contribution is 6.39. The quantitative estimate of drug-likeness (QED) is 0.455. The van der Waals surface area contributed by atoms with Gasteiger partial charge in [0.15, 0.2) is 0 Å². The van der Waals surface area contributed by atoms with Gasteiger partial charge >= 0.3 is 6.09 Å². The first-order valence-electron chi connectivity index (χ1n) is 3.80. The Hall–Kier alpha value is -1.46. The van der Waals surface area contributed by atoms with Crippen molar-refractivity contribution in [3.63, 3.8) is 0 Å². The molecule has 0 heterocycles. The van der Waals surface area contributed by atoms with Gasteiger partial charge in [-0.15, -0.1) is 0 Å². The Morgan fingerprint density at radius 3 is 2.33 bits per heavy atom. The number of benzene rings is 1. The molecule has 1 amide bonds. The van der Waals surface area contributed by atoms with Gasteiger partial charge in [-0.05, 0) is 12.1 Å². The second kappa shape index (κ2) is 4.86. The van der Waals surface area contributed by atoms with Gasteiger partial charge in [-0.2, -0.15) is 0 Å². The predicted molar refractivity (Wildman–Crippen MR) is 59.0 cm³/mol.